The number of rotatable bonds is 41. The third-order valence-electron chi connectivity index (χ3n) is 14.7. The van der Waals surface area contributed by atoms with Gasteiger partial charge in [-0.05, 0) is 126 Å². The molecular formula is C56H104O4. The molecule has 0 N–H and O–H groups in total. The van der Waals surface area contributed by atoms with Crippen molar-refractivity contribution in [1.29, 1.82) is 0 Å². The highest BCUT2D eigenvalue weighted by Crippen LogP contribution is 2.41. The predicted octanol–water partition coefficient (Wildman–Crippen LogP) is 18.0. The smallest absolute Gasteiger partial charge is 0.306 e. The Bertz CT molecular complexity index is 979. The molecule has 0 amide bonds. The highest BCUT2D eigenvalue weighted by molar-refractivity contribution is 5.78. The molecule has 4 heteroatoms. The number of Topliss-reactive ketones (excluding diaryl/α,β-unsaturated/α-hetero) is 1. The van der Waals surface area contributed by atoms with E-state index < -0.39 is 0 Å². The monoisotopic (exact) mass is 841 g/mol. The molecule has 4 unspecified atom stereocenters. The second kappa shape index (κ2) is 39.4. The summed E-state index contributed by atoms with van der Waals surface area (Å²) in [6, 6.07) is 0. The fraction of sp³-hybridized carbons (Fsp3) is 0.929. The summed E-state index contributed by atoms with van der Waals surface area (Å²) < 4.78 is 12.8. The number of esters is 1. The topological polar surface area (TPSA) is 52.6 Å². The molecule has 0 aromatic rings. The number of hydrogen-bond acceptors (Lipinski definition) is 4. The van der Waals surface area contributed by atoms with E-state index in [-0.39, 0.29) is 12.1 Å². The molecule has 4 atom stereocenters. The van der Waals surface area contributed by atoms with Gasteiger partial charge in [0.05, 0.1) is 6.10 Å². The lowest BCUT2D eigenvalue weighted by Crippen LogP contribution is -2.31. The third-order valence-corrected chi connectivity index (χ3v) is 14.7. The fourth-order valence-corrected chi connectivity index (χ4v) is 10.5. The highest BCUT2D eigenvalue weighted by Gasteiger charge is 2.34. The Labute approximate surface area is 375 Å². The maximum Gasteiger partial charge on any atom is 0.306 e. The summed E-state index contributed by atoms with van der Waals surface area (Å²) in [5, 5.41) is 0. The lowest BCUT2D eigenvalue weighted by molar-refractivity contribution is -0.153. The SMILES string of the molecule is CCCCCCCC/C=C\CCCCCCCC(=O)CCC1CCC(CCC(CCCCCCCCC)OCCCCCCCC)CC1CC(=O)OC1CCC(CC)CC1. The van der Waals surface area contributed by atoms with Gasteiger partial charge in [0.25, 0.3) is 0 Å². The van der Waals surface area contributed by atoms with Gasteiger partial charge in [-0.3, -0.25) is 9.59 Å². The molecule has 4 nitrogen and oxygen atoms in total. The lowest BCUT2D eigenvalue weighted by atomic mass is 9.69. The van der Waals surface area contributed by atoms with Gasteiger partial charge >= 0.3 is 5.97 Å². The molecule has 0 aromatic heterocycles. The summed E-state index contributed by atoms with van der Waals surface area (Å²) in [4.78, 5) is 26.6. The molecule has 60 heavy (non-hydrogen) atoms. The minimum absolute atomic E-state index is 0.0318. The van der Waals surface area contributed by atoms with Gasteiger partial charge in [-0.2, -0.15) is 0 Å². The Hall–Kier alpha value is -1.16. The molecule has 0 heterocycles. The van der Waals surface area contributed by atoms with E-state index in [9.17, 15) is 9.59 Å². The number of ketones is 1. The zero-order valence-corrected chi connectivity index (χ0v) is 41.0. The minimum atomic E-state index is 0.0318. The van der Waals surface area contributed by atoms with Gasteiger partial charge in [-0.15, -0.1) is 0 Å². The van der Waals surface area contributed by atoms with Crippen molar-refractivity contribution < 1.29 is 19.1 Å². The van der Waals surface area contributed by atoms with Crippen LogP contribution < -0.4 is 0 Å². The zero-order valence-electron chi connectivity index (χ0n) is 41.0. The molecule has 2 saturated carbocycles. The van der Waals surface area contributed by atoms with E-state index in [4.69, 9.17) is 9.47 Å². The number of hydrogen-bond donors (Lipinski definition) is 0. The van der Waals surface area contributed by atoms with Crippen LogP contribution in [0.1, 0.15) is 291 Å². The molecule has 0 saturated heterocycles. The van der Waals surface area contributed by atoms with Crippen molar-refractivity contribution in [2.75, 3.05) is 6.61 Å². The Morgan fingerprint density at radius 1 is 0.517 bits per heavy atom. The van der Waals surface area contributed by atoms with Crippen LogP contribution in [-0.4, -0.2) is 30.6 Å². The molecule has 2 rings (SSSR count). The molecule has 0 spiro atoms. The van der Waals surface area contributed by atoms with Gasteiger partial charge in [-0.25, -0.2) is 0 Å². The Morgan fingerprint density at radius 2 is 1.05 bits per heavy atom. The number of ether oxygens (including phenoxy) is 2. The van der Waals surface area contributed by atoms with Crippen LogP contribution in [0.5, 0.6) is 0 Å². The first kappa shape index (κ1) is 55.0. The van der Waals surface area contributed by atoms with Crippen LogP contribution in [0.2, 0.25) is 0 Å². The second-order valence-corrected chi connectivity index (χ2v) is 20.1. The standard InChI is InChI=1S/C56H104O4/c1-5-9-12-15-18-19-20-21-22-23-24-25-27-28-31-34-53(57)42-41-51-40-36-50(47-52(51)48-56(58)60-55-44-37-49(8-4)38-45-55)39-43-54(35-32-29-26-16-13-10-6-2)59-46-33-30-17-14-11-7-3/h21-22,49-52,54-55H,5-20,23-48H2,1-4H3/b22-21-. The summed E-state index contributed by atoms with van der Waals surface area (Å²) in [5.74, 6) is 2.75. The first-order valence-corrected chi connectivity index (χ1v) is 27.5. The predicted molar refractivity (Wildman–Crippen MR) is 260 cm³/mol. The maximum absolute atomic E-state index is 13.5. The minimum Gasteiger partial charge on any atom is -0.462 e. The van der Waals surface area contributed by atoms with Gasteiger partial charge in [0.1, 0.15) is 11.9 Å². The molecule has 352 valence electrons. The summed E-state index contributed by atoms with van der Waals surface area (Å²) >= 11 is 0. The van der Waals surface area contributed by atoms with E-state index in [0.717, 1.165) is 63.9 Å². The van der Waals surface area contributed by atoms with Crippen molar-refractivity contribution >= 4 is 11.8 Å². The molecule has 0 aliphatic heterocycles. The van der Waals surface area contributed by atoms with E-state index in [1.54, 1.807) is 0 Å². The van der Waals surface area contributed by atoms with Gasteiger partial charge in [-0.1, -0.05) is 181 Å². The van der Waals surface area contributed by atoms with Crippen molar-refractivity contribution in [3.63, 3.8) is 0 Å². The summed E-state index contributed by atoms with van der Waals surface area (Å²) in [7, 11) is 0. The van der Waals surface area contributed by atoms with Crippen LogP contribution >= 0.6 is 0 Å². The Kier molecular flexibility index (Phi) is 36.1. The molecule has 0 bridgehead atoms. The van der Waals surface area contributed by atoms with E-state index in [0.29, 0.717) is 42.5 Å². The number of carbonyl (C=O) groups excluding carboxylic acids is 2. The van der Waals surface area contributed by atoms with Crippen molar-refractivity contribution in [3.05, 3.63) is 12.2 Å². The van der Waals surface area contributed by atoms with E-state index in [2.05, 4.69) is 39.8 Å². The van der Waals surface area contributed by atoms with E-state index >= 15 is 0 Å². The molecule has 2 aliphatic carbocycles. The average molecular weight is 841 g/mol. The Balaban J connectivity index is 1.80. The zero-order chi connectivity index (χ0) is 43.1. The van der Waals surface area contributed by atoms with Gasteiger partial charge in [0.15, 0.2) is 0 Å². The molecular weight excluding hydrogens is 737 g/mol. The van der Waals surface area contributed by atoms with Gasteiger partial charge in [0, 0.05) is 25.9 Å². The first-order chi connectivity index (χ1) is 29.5. The van der Waals surface area contributed by atoms with Crippen molar-refractivity contribution in [1.82, 2.24) is 0 Å². The average Bonchev–Trinajstić information content (AvgIpc) is 3.25. The van der Waals surface area contributed by atoms with Crippen molar-refractivity contribution in [3.8, 4) is 0 Å². The van der Waals surface area contributed by atoms with Gasteiger partial charge in [0.2, 0.25) is 0 Å². The van der Waals surface area contributed by atoms with Crippen LogP contribution in [0.15, 0.2) is 12.2 Å². The van der Waals surface area contributed by atoms with Crippen LogP contribution in [0, 0.1) is 23.7 Å². The normalized spacial score (nSPS) is 21.4. The maximum atomic E-state index is 13.5. The van der Waals surface area contributed by atoms with Crippen LogP contribution in [0.4, 0.5) is 0 Å². The highest BCUT2D eigenvalue weighted by atomic mass is 16.5. The summed E-state index contributed by atoms with van der Waals surface area (Å²) in [5.41, 5.74) is 0. The van der Waals surface area contributed by atoms with Crippen LogP contribution in [0.25, 0.3) is 0 Å². The summed E-state index contributed by atoms with van der Waals surface area (Å²) in [6.45, 7) is 10.1. The van der Waals surface area contributed by atoms with Crippen LogP contribution in [-0.2, 0) is 19.1 Å². The number of allylic oxidation sites excluding steroid dienone is 2. The van der Waals surface area contributed by atoms with E-state index in [1.807, 2.05) is 0 Å². The number of unbranched alkanes of at least 4 members (excludes halogenated alkanes) is 22. The lowest BCUT2D eigenvalue weighted by Gasteiger charge is -2.37. The fourth-order valence-electron chi connectivity index (χ4n) is 10.5. The van der Waals surface area contributed by atoms with E-state index in [1.165, 1.54) is 199 Å². The van der Waals surface area contributed by atoms with Crippen LogP contribution in [0.3, 0.4) is 0 Å². The van der Waals surface area contributed by atoms with Crippen molar-refractivity contribution in [2.24, 2.45) is 23.7 Å². The molecule has 2 aliphatic rings. The molecule has 0 aromatic carbocycles. The quantitative estimate of drug-likeness (QED) is 0.0350. The third kappa shape index (κ3) is 30.0. The molecule has 0 radical (unpaired) electrons. The second-order valence-electron chi connectivity index (χ2n) is 20.1. The first-order valence-electron chi connectivity index (χ1n) is 27.5. The van der Waals surface area contributed by atoms with Gasteiger partial charge < -0.3 is 9.47 Å². The molecule has 2 fully saturated rings. The Morgan fingerprint density at radius 3 is 1.65 bits per heavy atom. The van der Waals surface area contributed by atoms with Crippen molar-refractivity contribution in [2.45, 2.75) is 303 Å². The largest absolute Gasteiger partial charge is 0.462 e. The summed E-state index contributed by atoms with van der Waals surface area (Å²) in [6.07, 6.45) is 55.1. The number of carbonyl (C=O) groups is 2.